The molecule has 1 rings (SSSR count). The lowest BCUT2D eigenvalue weighted by Crippen LogP contribution is -2.24. The second-order valence-electron chi connectivity index (χ2n) is 6.99. The molecule has 136 valence electrons. The van der Waals surface area contributed by atoms with Crippen molar-refractivity contribution < 1.29 is 9.59 Å². The molecule has 0 aromatic heterocycles. The molecule has 0 N–H and O–H groups in total. The van der Waals surface area contributed by atoms with E-state index in [1.54, 1.807) is 0 Å². The Bertz CT molecular complexity index is 408. The van der Waals surface area contributed by atoms with Crippen molar-refractivity contribution >= 4 is 11.6 Å². The molecule has 24 heavy (non-hydrogen) atoms. The van der Waals surface area contributed by atoms with Crippen LogP contribution in [0.3, 0.4) is 0 Å². The Kier molecular flexibility index (Phi) is 9.90. The van der Waals surface area contributed by atoms with E-state index in [0.29, 0.717) is 0 Å². The van der Waals surface area contributed by atoms with Crippen molar-refractivity contribution in [2.75, 3.05) is 0 Å². The van der Waals surface area contributed by atoms with Gasteiger partial charge in [0.05, 0.1) is 0 Å². The van der Waals surface area contributed by atoms with Gasteiger partial charge in [0, 0.05) is 22.3 Å². The van der Waals surface area contributed by atoms with E-state index in [2.05, 4.69) is 27.7 Å². The molecule has 0 aromatic rings. The Morgan fingerprint density at radius 2 is 0.667 bits per heavy atom. The average Bonchev–Trinajstić information content (AvgIpc) is 2.59. The summed E-state index contributed by atoms with van der Waals surface area (Å²) in [6.07, 6.45) is 11.3. The molecular formula is C22H36O2. The van der Waals surface area contributed by atoms with Crippen LogP contribution in [0.5, 0.6) is 0 Å². The number of Topliss-reactive ketones (excluding diaryl/α,β-unsaturated/α-hetero) is 2. The van der Waals surface area contributed by atoms with Crippen LogP contribution in [0, 0.1) is 0 Å². The summed E-state index contributed by atoms with van der Waals surface area (Å²) in [5.41, 5.74) is 3.40. The summed E-state index contributed by atoms with van der Waals surface area (Å²) in [5.74, 6) is 0.405. The van der Waals surface area contributed by atoms with E-state index in [4.69, 9.17) is 0 Å². The normalized spacial score (nSPS) is 15.7. The first kappa shape index (κ1) is 20.9. The third kappa shape index (κ3) is 5.43. The Balaban J connectivity index is 3.21. The molecule has 0 bridgehead atoms. The summed E-state index contributed by atoms with van der Waals surface area (Å²) < 4.78 is 0. The fourth-order valence-electron chi connectivity index (χ4n) is 3.38. The lowest BCUT2D eigenvalue weighted by atomic mass is 9.77. The van der Waals surface area contributed by atoms with E-state index in [1.807, 2.05) is 0 Å². The quantitative estimate of drug-likeness (QED) is 0.383. The van der Waals surface area contributed by atoms with Crippen molar-refractivity contribution in [2.24, 2.45) is 0 Å². The number of carbonyl (C=O) groups is 2. The smallest absolute Gasteiger partial charge is 0.185 e. The van der Waals surface area contributed by atoms with Gasteiger partial charge in [-0.2, -0.15) is 0 Å². The molecule has 2 heteroatoms. The van der Waals surface area contributed by atoms with Gasteiger partial charge in [0.1, 0.15) is 0 Å². The van der Waals surface area contributed by atoms with Gasteiger partial charge in [-0.3, -0.25) is 9.59 Å². The largest absolute Gasteiger partial charge is 0.289 e. The topological polar surface area (TPSA) is 34.1 Å². The van der Waals surface area contributed by atoms with Crippen LogP contribution in [0.15, 0.2) is 22.3 Å². The molecule has 0 heterocycles. The fraction of sp³-hybridized carbons (Fsp3) is 0.727. The molecule has 2 nitrogen and oxygen atoms in total. The Hall–Kier alpha value is -1.18. The van der Waals surface area contributed by atoms with Gasteiger partial charge in [0.2, 0.25) is 0 Å². The van der Waals surface area contributed by atoms with Crippen LogP contribution in [0.25, 0.3) is 0 Å². The first-order valence-electron chi connectivity index (χ1n) is 10.2. The first-order valence-corrected chi connectivity index (χ1v) is 10.2. The summed E-state index contributed by atoms with van der Waals surface area (Å²) in [7, 11) is 0. The minimum Gasteiger partial charge on any atom is -0.289 e. The Morgan fingerprint density at radius 3 is 0.833 bits per heavy atom. The average molecular weight is 333 g/mol. The molecular weight excluding hydrogens is 296 g/mol. The second-order valence-corrected chi connectivity index (χ2v) is 6.99. The molecule has 0 spiro atoms. The highest BCUT2D eigenvalue weighted by Gasteiger charge is 2.32. The van der Waals surface area contributed by atoms with Gasteiger partial charge in [-0.1, -0.05) is 53.4 Å². The summed E-state index contributed by atoms with van der Waals surface area (Å²) >= 11 is 0. The molecule has 0 saturated carbocycles. The van der Waals surface area contributed by atoms with Crippen LogP contribution in [0.4, 0.5) is 0 Å². The van der Waals surface area contributed by atoms with E-state index in [-0.39, 0.29) is 11.6 Å². The number of hydrogen-bond acceptors (Lipinski definition) is 2. The third-order valence-electron chi connectivity index (χ3n) is 4.95. The van der Waals surface area contributed by atoms with E-state index >= 15 is 0 Å². The van der Waals surface area contributed by atoms with Crippen molar-refractivity contribution in [3.05, 3.63) is 22.3 Å². The van der Waals surface area contributed by atoms with Crippen LogP contribution < -0.4 is 0 Å². The molecule has 1 aliphatic rings. The monoisotopic (exact) mass is 332 g/mol. The first-order chi connectivity index (χ1) is 11.6. The van der Waals surface area contributed by atoms with Gasteiger partial charge >= 0.3 is 0 Å². The van der Waals surface area contributed by atoms with Crippen molar-refractivity contribution in [3.8, 4) is 0 Å². The third-order valence-corrected chi connectivity index (χ3v) is 4.95. The lowest BCUT2D eigenvalue weighted by Gasteiger charge is -2.24. The van der Waals surface area contributed by atoms with Gasteiger partial charge in [-0.25, -0.2) is 0 Å². The maximum absolute atomic E-state index is 13.2. The molecule has 0 unspecified atom stereocenters. The van der Waals surface area contributed by atoms with E-state index in [1.165, 1.54) is 0 Å². The summed E-state index contributed by atoms with van der Waals surface area (Å²) in [4.78, 5) is 26.3. The minimum absolute atomic E-state index is 0.203. The zero-order valence-corrected chi connectivity index (χ0v) is 16.3. The predicted molar refractivity (Wildman–Crippen MR) is 102 cm³/mol. The maximum Gasteiger partial charge on any atom is 0.185 e. The number of ketones is 2. The van der Waals surface area contributed by atoms with Crippen molar-refractivity contribution in [1.82, 2.24) is 0 Å². The summed E-state index contributed by atoms with van der Waals surface area (Å²) in [5, 5.41) is 0. The number of unbranched alkanes of at least 4 members (excludes halogenated alkanes) is 4. The zero-order valence-electron chi connectivity index (χ0n) is 16.3. The molecule has 0 amide bonds. The number of hydrogen-bond donors (Lipinski definition) is 0. The SMILES string of the molecule is CCCCC1=C(CCCC)C(=O)C(CCCC)=C(CCCC)C1=O. The molecule has 0 aromatic carbocycles. The van der Waals surface area contributed by atoms with E-state index in [0.717, 1.165) is 99.3 Å². The van der Waals surface area contributed by atoms with E-state index < -0.39 is 0 Å². The van der Waals surface area contributed by atoms with Crippen LogP contribution in [-0.4, -0.2) is 11.6 Å². The van der Waals surface area contributed by atoms with Gasteiger partial charge in [-0.05, 0) is 51.4 Å². The standard InChI is InChI=1S/C22H36O2/c1-5-9-13-17-18(14-10-6-2)22(24)20(16-12-8-4)19(21(17)23)15-11-7-3/h5-16H2,1-4H3. The predicted octanol–water partition coefficient (Wildman–Crippen LogP) is 6.49. The van der Waals surface area contributed by atoms with Crippen LogP contribution in [0.1, 0.15) is 105 Å². The zero-order chi connectivity index (χ0) is 17.9. The highest BCUT2D eigenvalue weighted by molar-refractivity contribution is 6.25. The lowest BCUT2D eigenvalue weighted by molar-refractivity contribution is -0.117. The van der Waals surface area contributed by atoms with Gasteiger partial charge < -0.3 is 0 Å². The fourth-order valence-corrected chi connectivity index (χ4v) is 3.38. The minimum atomic E-state index is 0.203. The molecule has 0 fully saturated rings. The van der Waals surface area contributed by atoms with Gasteiger partial charge in [0.25, 0.3) is 0 Å². The number of rotatable bonds is 12. The Labute approximate surface area is 148 Å². The molecule has 0 atom stereocenters. The van der Waals surface area contributed by atoms with Crippen LogP contribution in [-0.2, 0) is 9.59 Å². The highest BCUT2D eigenvalue weighted by Crippen LogP contribution is 2.34. The number of carbonyl (C=O) groups excluding carboxylic acids is 2. The molecule has 1 aliphatic carbocycles. The molecule has 0 aliphatic heterocycles. The summed E-state index contributed by atoms with van der Waals surface area (Å²) in [6, 6.07) is 0. The van der Waals surface area contributed by atoms with Crippen molar-refractivity contribution in [2.45, 2.75) is 105 Å². The number of allylic oxidation sites excluding steroid dienone is 4. The van der Waals surface area contributed by atoms with Crippen LogP contribution in [0.2, 0.25) is 0 Å². The van der Waals surface area contributed by atoms with E-state index in [9.17, 15) is 9.59 Å². The van der Waals surface area contributed by atoms with Gasteiger partial charge in [-0.15, -0.1) is 0 Å². The van der Waals surface area contributed by atoms with Crippen LogP contribution >= 0.6 is 0 Å². The van der Waals surface area contributed by atoms with Crippen molar-refractivity contribution in [3.63, 3.8) is 0 Å². The highest BCUT2D eigenvalue weighted by atomic mass is 16.1. The molecule has 0 radical (unpaired) electrons. The van der Waals surface area contributed by atoms with Crippen molar-refractivity contribution in [1.29, 1.82) is 0 Å². The Morgan fingerprint density at radius 1 is 0.458 bits per heavy atom. The second kappa shape index (κ2) is 11.4. The maximum atomic E-state index is 13.2. The summed E-state index contributed by atoms with van der Waals surface area (Å²) in [6.45, 7) is 8.56. The van der Waals surface area contributed by atoms with Gasteiger partial charge in [0.15, 0.2) is 11.6 Å². The molecule has 0 saturated heterocycles.